The molecule has 0 aliphatic rings. The Bertz CT molecular complexity index is 704. The molecule has 2 rings (SSSR count). The van der Waals surface area contributed by atoms with Crippen LogP contribution in [0.15, 0.2) is 18.3 Å². The van der Waals surface area contributed by atoms with Crippen LogP contribution >= 0.6 is 0 Å². The average molecular weight is 334 g/mol. The summed E-state index contributed by atoms with van der Waals surface area (Å²) in [6.45, 7) is 11.8. The molecule has 0 saturated heterocycles. The fourth-order valence-electron chi connectivity index (χ4n) is 2.38. The first-order valence-electron chi connectivity index (χ1n) is 7.95. The third-order valence-corrected chi connectivity index (χ3v) is 5.66. The van der Waals surface area contributed by atoms with Gasteiger partial charge in [-0.1, -0.05) is 25.7 Å². The van der Waals surface area contributed by atoms with Crippen molar-refractivity contribution in [2.75, 3.05) is 6.61 Å². The van der Waals surface area contributed by atoms with Gasteiger partial charge in [-0.25, -0.2) is 4.68 Å². The number of aromatic nitrogens is 2. The molecule has 1 aromatic carbocycles. The lowest BCUT2D eigenvalue weighted by Gasteiger charge is -2.15. The molecular weight excluding hydrogens is 308 g/mol. The van der Waals surface area contributed by atoms with Crippen molar-refractivity contribution >= 4 is 24.9 Å². The summed E-state index contributed by atoms with van der Waals surface area (Å²) in [5.41, 5.74) is 2.70. The molecule has 0 radical (unpaired) electrons. The van der Waals surface area contributed by atoms with E-state index in [-0.39, 0.29) is 0 Å². The second kappa shape index (κ2) is 6.84. The minimum absolute atomic E-state index is 0.433. The van der Waals surface area contributed by atoms with Crippen molar-refractivity contribution in [3.05, 3.63) is 29.5 Å². The molecule has 1 aromatic heterocycles. The van der Waals surface area contributed by atoms with Gasteiger partial charge < -0.3 is 9.84 Å². The molecule has 6 heteroatoms. The number of hydrogen-bond donors (Lipinski definition) is 1. The Balaban J connectivity index is 2.12. The van der Waals surface area contributed by atoms with Crippen LogP contribution in [0.4, 0.5) is 0 Å². The maximum absolute atomic E-state index is 11.2. The molecule has 0 aliphatic carbocycles. The zero-order chi connectivity index (χ0) is 17.2. The maximum atomic E-state index is 11.2. The van der Waals surface area contributed by atoms with Crippen LogP contribution in [0.5, 0.6) is 0 Å². The van der Waals surface area contributed by atoms with Crippen LogP contribution < -0.4 is 0 Å². The molecule has 126 valence electrons. The van der Waals surface area contributed by atoms with Crippen LogP contribution in [-0.4, -0.2) is 35.5 Å². The average Bonchev–Trinajstić information content (AvgIpc) is 2.85. The molecule has 1 atom stereocenters. The van der Waals surface area contributed by atoms with Gasteiger partial charge in [-0.2, -0.15) is 5.10 Å². The number of carboxylic acid groups (broad SMARTS) is 1. The van der Waals surface area contributed by atoms with Crippen LogP contribution in [0.3, 0.4) is 0 Å². The summed E-state index contributed by atoms with van der Waals surface area (Å²) in [4.78, 5) is 11.2. The number of rotatable bonds is 7. The predicted octanol–water partition coefficient (Wildman–Crippen LogP) is 3.85. The van der Waals surface area contributed by atoms with Crippen molar-refractivity contribution in [3.63, 3.8) is 0 Å². The van der Waals surface area contributed by atoms with Crippen LogP contribution in [0.25, 0.3) is 10.9 Å². The van der Waals surface area contributed by atoms with Gasteiger partial charge in [0.2, 0.25) is 0 Å². The van der Waals surface area contributed by atoms with Crippen molar-refractivity contribution in [2.45, 2.75) is 52.2 Å². The molecule has 1 heterocycles. The minimum Gasteiger partial charge on any atom is -0.481 e. The van der Waals surface area contributed by atoms with Gasteiger partial charge in [0.05, 0.1) is 11.4 Å². The third kappa shape index (κ3) is 4.65. The Morgan fingerprint density at radius 1 is 1.39 bits per heavy atom. The van der Waals surface area contributed by atoms with Crippen molar-refractivity contribution < 1.29 is 14.6 Å². The highest BCUT2D eigenvalue weighted by Gasteiger charge is 2.16. The van der Waals surface area contributed by atoms with Crippen molar-refractivity contribution in [3.8, 4) is 0 Å². The van der Waals surface area contributed by atoms with Gasteiger partial charge in [-0.3, -0.25) is 4.79 Å². The highest BCUT2D eigenvalue weighted by Crippen LogP contribution is 2.24. The van der Waals surface area contributed by atoms with Gasteiger partial charge in [0.25, 0.3) is 0 Å². The van der Waals surface area contributed by atoms with Gasteiger partial charge >= 0.3 is 5.97 Å². The van der Waals surface area contributed by atoms with Gasteiger partial charge in [0, 0.05) is 26.3 Å². The van der Waals surface area contributed by atoms with Gasteiger partial charge in [-0.05, 0) is 37.1 Å². The summed E-state index contributed by atoms with van der Waals surface area (Å²) < 4.78 is 7.51. The number of fused-ring (bicyclic) bond motifs is 1. The van der Waals surface area contributed by atoms with Gasteiger partial charge in [0.15, 0.2) is 0 Å². The van der Waals surface area contributed by atoms with Crippen molar-refractivity contribution in [1.29, 1.82) is 0 Å². The highest BCUT2D eigenvalue weighted by atomic mass is 28.3. The third-order valence-electron chi connectivity index (χ3n) is 3.96. The van der Waals surface area contributed by atoms with E-state index in [1.807, 2.05) is 25.3 Å². The fourth-order valence-corrected chi connectivity index (χ4v) is 3.14. The number of benzene rings is 1. The first-order valence-corrected chi connectivity index (χ1v) is 11.7. The number of carbonyl (C=O) groups is 1. The van der Waals surface area contributed by atoms with E-state index in [1.165, 1.54) is 0 Å². The van der Waals surface area contributed by atoms with Crippen molar-refractivity contribution in [2.24, 2.45) is 0 Å². The largest absolute Gasteiger partial charge is 0.481 e. The van der Waals surface area contributed by atoms with E-state index in [9.17, 15) is 9.90 Å². The second-order valence-corrected chi connectivity index (χ2v) is 13.0. The van der Waals surface area contributed by atoms with Crippen LogP contribution in [0.2, 0.25) is 25.7 Å². The maximum Gasteiger partial charge on any atom is 0.310 e. The smallest absolute Gasteiger partial charge is 0.310 e. The molecule has 1 unspecified atom stereocenters. The Labute approximate surface area is 138 Å². The van der Waals surface area contributed by atoms with Crippen LogP contribution in [0.1, 0.15) is 24.0 Å². The zero-order valence-electron chi connectivity index (χ0n) is 14.6. The van der Waals surface area contributed by atoms with Crippen LogP contribution in [-0.2, 0) is 16.3 Å². The summed E-state index contributed by atoms with van der Waals surface area (Å²) in [5.74, 6) is -1.33. The molecule has 23 heavy (non-hydrogen) atoms. The molecule has 1 N–H and O–H groups in total. The molecule has 5 nitrogen and oxygen atoms in total. The minimum atomic E-state index is -1.08. The monoisotopic (exact) mass is 334 g/mol. The van der Waals surface area contributed by atoms with E-state index in [1.54, 1.807) is 11.6 Å². The Hall–Kier alpha value is -1.66. The van der Waals surface area contributed by atoms with Crippen LogP contribution in [0, 0.1) is 6.92 Å². The summed E-state index contributed by atoms with van der Waals surface area (Å²) in [7, 11) is -1.08. The standard InChI is InChI=1S/C17H26N2O3Si/c1-12-8-14(13(2)17(20)21)9-15-10-19(18-16(12)15)11-22-6-7-23(3,4)5/h8-10,13H,6-7,11H2,1-5H3,(H,20,21). The first kappa shape index (κ1) is 17.7. The number of aryl methyl sites for hydroxylation is 1. The molecule has 2 aromatic rings. The molecular formula is C17H26N2O3Si. The molecule has 0 bridgehead atoms. The SMILES string of the molecule is Cc1cc(C(C)C(=O)O)cc2cn(COCC[Si](C)(C)C)nc12. The molecule has 0 aliphatic heterocycles. The summed E-state index contributed by atoms with van der Waals surface area (Å²) in [6, 6.07) is 4.95. The normalized spacial score (nSPS) is 13.4. The molecule has 0 saturated carbocycles. The lowest BCUT2D eigenvalue weighted by molar-refractivity contribution is -0.138. The Kier molecular flexibility index (Phi) is 5.26. The van der Waals surface area contributed by atoms with Gasteiger partial charge in [-0.15, -0.1) is 0 Å². The number of carboxylic acids is 1. The van der Waals surface area contributed by atoms with E-state index in [4.69, 9.17) is 4.74 Å². The topological polar surface area (TPSA) is 64.3 Å². The number of ether oxygens (including phenoxy) is 1. The van der Waals surface area contributed by atoms with E-state index < -0.39 is 20.0 Å². The second-order valence-electron chi connectivity index (χ2n) is 7.35. The number of hydrogen-bond acceptors (Lipinski definition) is 3. The zero-order valence-corrected chi connectivity index (χ0v) is 15.6. The number of nitrogens with zero attached hydrogens (tertiary/aromatic N) is 2. The molecule has 0 spiro atoms. The summed E-state index contributed by atoms with van der Waals surface area (Å²) in [5, 5.41) is 14.7. The first-order chi connectivity index (χ1) is 10.7. The fraction of sp³-hybridized carbons (Fsp3) is 0.529. The van der Waals surface area contributed by atoms with E-state index in [2.05, 4.69) is 24.7 Å². The number of aliphatic carboxylic acids is 1. The lowest BCUT2D eigenvalue weighted by Crippen LogP contribution is -2.22. The summed E-state index contributed by atoms with van der Waals surface area (Å²) in [6.07, 6.45) is 1.93. The Morgan fingerprint density at radius 3 is 2.70 bits per heavy atom. The van der Waals surface area contributed by atoms with Gasteiger partial charge in [0.1, 0.15) is 6.73 Å². The predicted molar refractivity (Wildman–Crippen MR) is 94.6 cm³/mol. The Morgan fingerprint density at radius 2 is 2.09 bits per heavy atom. The van der Waals surface area contributed by atoms with E-state index in [0.29, 0.717) is 6.73 Å². The summed E-state index contributed by atoms with van der Waals surface area (Å²) >= 11 is 0. The quantitative estimate of drug-likeness (QED) is 0.617. The lowest BCUT2D eigenvalue weighted by atomic mass is 9.98. The highest BCUT2D eigenvalue weighted by molar-refractivity contribution is 6.76. The molecule has 0 amide bonds. The van der Waals surface area contributed by atoms with E-state index >= 15 is 0 Å². The molecule has 0 fully saturated rings. The van der Waals surface area contributed by atoms with Crippen molar-refractivity contribution in [1.82, 2.24) is 9.78 Å². The van der Waals surface area contributed by atoms with E-state index in [0.717, 1.165) is 34.7 Å².